The molecule has 2 aromatic rings. The molecule has 1 atom stereocenters. The second-order valence-electron chi connectivity index (χ2n) is 3.81. The summed E-state index contributed by atoms with van der Waals surface area (Å²) < 4.78 is 50.0. The highest BCUT2D eigenvalue weighted by molar-refractivity contribution is 7.89. The van der Waals surface area contributed by atoms with E-state index in [1.165, 1.54) is 18.5 Å². The molecule has 0 aromatic carbocycles. The van der Waals surface area contributed by atoms with Gasteiger partial charge in [-0.15, -0.1) is 0 Å². The van der Waals surface area contributed by atoms with Crippen LogP contribution in [0.2, 0.25) is 0 Å². The number of nitrogens with one attached hydrogen (secondary N) is 2. The van der Waals surface area contributed by atoms with E-state index in [4.69, 9.17) is 5.11 Å². The van der Waals surface area contributed by atoms with Crippen molar-refractivity contribution in [1.82, 2.24) is 14.7 Å². The Labute approximate surface area is 107 Å². The number of rotatable bonds is 5. The molecular weight excluding hydrogens is 280 g/mol. The van der Waals surface area contributed by atoms with E-state index >= 15 is 0 Å². The summed E-state index contributed by atoms with van der Waals surface area (Å²) in [6.07, 6.45) is -2.34. The highest BCUT2D eigenvalue weighted by Crippen LogP contribution is 2.20. The van der Waals surface area contributed by atoms with Crippen LogP contribution in [0.25, 0.3) is 11.0 Å². The first kappa shape index (κ1) is 13.8. The summed E-state index contributed by atoms with van der Waals surface area (Å²) in [7, 11) is -3.99. The molecule has 2 heterocycles. The number of aliphatic hydroxyl groups excluding tert-OH is 1. The van der Waals surface area contributed by atoms with E-state index in [1.54, 1.807) is 6.07 Å². The average Bonchev–Trinajstić information content (AvgIpc) is 2.80. The van der Waals surface area contributed by atoms with Crippen LogP contribution in [-0.2, 0) is 10.0 Å². The second kappa shape index (κ2) is 5.19. The molecule has 19 heavy (non-hydrogen) atoms. The average molecular weight is 291 g/mol. The number of hydrogen-bond donors (Lipinski definition) is 3. The van der Waals surface area contributed by atoms with Crippen LogP contribution in [0.15, 0.2) is 29.4 Å². The van der Waals surface area contributed by atoms with E-state index in [0.29, 0.717) is 11.0 Å². The van der Waals surface area contributed by atoms with E-state index in [2.05, 4.69) is 9.97 Å². The highest BCUT2D eigenvalue weighted by Gasteiger charge is 2.23. The van der Waals surface area contributed by atoms with Gasteiger partial charge in [-0.3, -0.25) is 0 Å². The van der Waals surface area contributed by atoms with Gasteiger partial charge in [-0.2, -0.15) is 0 Å². The number of pyridine rings is 1. The Morgan fingerprint density at radius 3 is 2.89 bits per heavy atom. The topological polar surface area (TPSA) is 95.1 Å². The zero-order chi connectivity index (χ0) is 14.0. The Hall–Kier alpha value is -1.58. The molecular formula is C10H11F2N3O3S. The van der Waals surface area contributed by atoms with Crippen LogP contribution in [0.1, 0.15) is 0 Å². The third-order valence-corrected chi connectivity index (χ3v) is 3.94. The van der Waals surface area contributed by atoms with Gasteiger partial charge in [0.2, 0.25) is 10.0 Å². The fourth-order valence-electron chi connectivity index (χ4n) is 1.52. The molecule has 0 aliphatic rings. The van der Waals surface area contributed by atoms with Crippen molar-refractivity contribution in [2.45, 2.75) is 17.4 Å². The van der Waals surface area contributed by atoms with Gasteiger partial charge in [0.1, 0.15) is 16.6 Å². The smallest absolute Gasteiger partial charge is 0.265 e. The Bertz CT molecular complexity index is 671. The standard InChI is InChI=1S/C10H11F2N3O3S/c11-9(12)7(16)4-15-19(17,18)8-5-14-10-6(8)2-1-3-13-10/h1-3,5,7,9,15-16H,4H2,(H,13,14). The molecule has 3 N–H and O–H groups in total. The number of nitrogens with zero attached hydrogens (tertiary/aromatic N) is 1. The SMILES string of the molecule is O=S(=O)(NCC(O)C(F)F)c1c[nH]c2ncccc12. The number of aromatic nitrogens is 2. The fourth-order valence-corrected chi connectivity index (χ4v) is 2.73. The third kappa shape index (κ3) is 2.88. The van der Waals surface area contributed by atoms with Gasteiger partial charge < -0.3 is 10.1 Å². The van der Waals surface area contributed by atoms with Gasteiger partial charge in [0, 0.05) is 24.3 Å². The molecule has 0 saturated heterocycles. The number of alkyl halides is 2. The minimum Gasteiger partial charge on any atom is -0.386 e. The van der Waals surface area contributed by atoms with Crippen molar-refractivity contribution < 1.29 is 22.3 Å². The predicted octanol–water partition coefficient (Wildman–Crippen LogP) is 0.467. The van der Waals surface area contributed by atoms with Crippen molar-refractivity contribution in [1.29, 1.82) is 0 Å². The summed E-state index contributed by atoms with van der Waals surface area (Å²) in [5.74, 6) is 0. The summed E-state index contributed by atoms with van der Waals surface area (Å²) in [6, 6.07) is 3.10. The van der Waals surface area contributed by atoms with Crippen molar-refractivity contribution >= 4 is 21.1 Å². The number of fused-ring (bicyclic) bond motifs is 1. The Morgan fingerprint density at radius 1 is 1.47 bits per heavy atom. The maximum absolute atomic E-state index is 12.1. The van der Waals surface area contributed by atoms with E-state index < -0.39 is 29.1 Å². The van der Waals surface area contributed by atoms with E-state index in [-0.39, 0.29) is 4.90 Å². The summed E-state index contributed by atoms with van der Waals surface area (Å²) >= 11 is 0. The van der Waals surface area contributed by atoms with Crippen molar-refractivity contribution in [3.63, 3.8) is 0 Å². The minimum absolute atomic E-state index is 0.0999. The molecule has 0 fully saturated rings. The van der Waals surface area contributed by atoms with Crippen LogP contribution >= 0.6 is 0 Å². The minimum atomic E-state index is -3.99. The largest absolute Gasteiger partial charge is 0.386 e. The molecule has 104 valence electrons. The van der Waals surface area contributed by atoms with Gasteiger partial charge in [0.15, 0.2) is 0 Å². The van der Waals surface area contributed by atoms with Gasteiger partial charge in [0.05, 0.1) is 0 Å². The number of hydrogen-bond acceptors (Lipinski definition) is 4. The summed E-state index contributed by atoms with van der Waals surface area (Å²) in [6.45, 7) is -0.757. The molecule has 2 aromatic heterocycles. The number of sulfonamides is 1. The van der Waals surface area contributed by atoms with Crippen LogP contribution in [-0.4, -0.2) is 42.6 Å². The predicted molar refractivity (Wildman–Crippen MR) is 63.3 cm³/mol. The van der Waals surface area contributed by atoms with Crippen LogP contribution in [0, 0.1) is 0 Å². The van der Waals surface area contributed by atoms with E-state index in [0.717, 1.165) is 0 Å². The maximum atomic E-state index is 12.1. The summed E-state index contributed by atoms with van der Waals surface area (Å²) in [5.41, 5.74) is 0.372. The van der Waals surface area contributed by atoms with E-state index in [1.807, 2.05) is 4.72 Å². The number of aromatic amines is 1. The second-order valence-corrected chi connectivity index (χ2v) is 5.54. The lowest BCUT2D eigenvalue weighted by atomic mass is 10.3. The lowest BCUT2D eigenvalue weighted by Gasteiger charge is -2.10. The first-order valence-electron chi connectivity index (χ1n) is 5.30. The monoisotopic (exact) mass is 291 g/mol. The number of H-pyrrole nitrogens is 1. The van der Waals surface area contributed by atoms with Crippen molar-refractivity contribution in [2.24, 2.45) is 0 Å². The molecule has 0 saturated carbocycles. The van der Waals surface area contributed by atoms with Crippen molar-refractivity contribution in [3.8, 4) is 0 Å². The molecule has 6 nitrogen and oxygen atoms in total. The number of halogens is 2. The van der Waals surface area contributed by atoms with Crippen LogP contribution in [0.3, 0.4) is 0 Å². The van der Waals surface area contributed by atoms with Gasteiger partial charge >= 0.3 is 0 Å². The molecule has 0 spiro atoms. The molecule has 2 rings (SSSR count). The molecule has 0 aliphatic carbocycles. The van der Waals surface area contributed by atoms with Crippen LogP contribution < -0.4 is 4.72 Å². The molecule has 0 amide bonds. The van der Waals surface area contributed by atoms with Gasteiger partial charge in [-0.25, -0.2) is 26.9 Å². The quantitative estimate of drug-likeness (QED) is 0.746. The zero-order valence-electron chi connectivity index (χ0n) is 9.55. The number of aliphatic hydroxyl groups is 1. The third-order valence-electron chi connectivity index (χ3n) is 2.48. The van der Waals surface area contributed by atoms with Gasteiger partial charge in [-0.05, 0) is 12.1 Å². The van der Waals surface area contributed by atoms with Crippen LogP contribution in [0.5, 0.6) is 0 Å². The van der Waals surface area contributed by atoms with Gasteiger partial charge in [-0.1, -0.05) is 0 Å². The van der Waals surface area contributed by atoms with Crippen molar-refractivity contribution in [2.75, 3.05) is 6.54 Å². The van der Waals surface area contributed by atoms with E-state index in [9.17, 15) is 17.2 Å². The van der Waals surface area contributed by atoms with Crippen LogP contribution in [0.4, 0.5) is 8.78 Å². The first-order valence-corrected chi connectivity index (χ1v) is 6.78. The normalized spacial score (nSPS) is 14.1. The molecule has 0 aliphatic heterocycles. The Kier molecular flexibility index (Phi) is 3.78. The lowest BCUT2D eigenvalue weighted by Crippen LogP contribution is -2.35. The van der Waals surface area contributed by atoms with Gasteiger partial charge in [0.25, 0.3) is 6.43 Å². The van der Waals surface area contributed by atoms with Crippen molar-refractivity contribution in [3.05, 3.63) is 24.5 Å². The fraction of sp³-hybridized carbons (Fsp3) is 0.300. The molecule has 1 unspecified atom stereocenters. The Balaban J connectivity index is 2.25. The molecule has 0 radical (unpaired) electrons. The Morgan fingerprint density at radius 2 is 2.21 bits per heavy atom. The summed E-state index contributed by atoms with van der Waals surface area (Å²) in [4.78, 5) is 6.49. The molecule has 9 heteroatoms. The lowest BCUT2D eigenvalue weighted by molar-refractivity contribution is -0.000449. The molecule has 0 bridgehead atoms. The summed E-state index contributed by atoms with van der Waals surface area (Å²) in [5, 5.41) is 9.25. The first-order chi connectivity index (χ1) is 8.92. The maximum Gasteiger partial charge on any atom is 0.265 e. The highest BCUT2D eigenvalue weighted by atomic mass is 32.2. The zero-order valence-corrected chi connectivity index (χ0v) is 10.4.